The highest BCUT2D eigenvalue weighted by Gasteiger charge is 2.23. The first-order chi connectivity index (χ1) is 26.8. The van der Waals surface area contributed by atoms with Gasteiger partial charge in [-0.2, -0.15) is 0 Å². The number of rotatable bonds is 7. The van der Waals surface area contributed by atoms with Crippen molar-refractivity contribution in [1.29, 1.82) is 0 Å². The fraction of sp³-hybridized carbons (Fsp3) is 0. The largest absolute Gasteiger partial charge is 0.435 e. The Labute approximate surface area is 314 Å². The predicted octanol–water partition coefficient (Wildman–Crippen LogP) is 14.3. The molecule has 3 heteroatoms. The summed E-state index contributed by atoms with van der Waals surface area (Å²) < 4.78 is 6.74. The molecular weight excluding hydrogens is 657 g/mol. The van der Waals surface area contributed by atoms with Gasteiger partial charge in [-0.15, -0.1) is 0 Å². The van der Waals surface area contributed by atoms with Gasteiger partial charge in [-0.25, -0.2) is 4.98 Å². The first-order valence-corrected chi connectivity index (χ1v) is 18.3. The SMILES string of the molecule is c1ccc(-c2nc3ccc4c(-c5ccccc5)cc5c(N(c6ccccc6)c6ccccc6-c6ccccc6-c6ccccc6)cccc5c4c3o2)cc1. The Morgan fingerprint density at radius 1 is 0.370 bits per heavy atom. The molecule has 54 heavy (non-hydrogen) atoms. The second-order valence-corrected chi connectivity index (χ2v) is 13.5. The van der Waals surface area contributed by atoms with Crippen molar-refractivity contribution in [3.63, 3.8) is 0 Å². The smallest absolute Gasteiger partial charge is 0.227 e. The van der Waals surface area contributed by atoms with E-state index in [0.717, 1.165) is 72.0 Å². The molecule has 0 amide bonds. The highest BCUT2D eigenvalue weighted by atomic mass is 16.3. The van der Waals surface area contributed by atoms with Gasteiger partial charge in [0, 0.05) is 27.6 Å². The van der Waals surface area contributed by atoms with Crippen LogP contribution >= 0.6 is 0 Å². The second kappa shape index (κ2) is 13.4. The van der Waals surface area contributed by atoms with Crippen LogP contribution in [0.1, 0.15) is 0 Å². The molecule has 0 spiro atoms. The van der Waals surface area contributed by atoms with Crippen molar-refractivity contribution < 1.29 is 4.42 Å². The van der Waals surface area contributed by atoms with Crippen molar-refractivity contribution in [1.82, 2.24) is 4.98 Å². The quantitative estimate of drug-likeness (QED) is 0.156. The van der Waals surface area contributed by atoms with Crippen molar-refractivity contribution in [3.05, 3.63) is 206 Å². The average molecular weight is 691 g/mol. The summed E-state index contributed by atoms with van der Waals surface area (Å²) in [6.45, 7) is 0. The van der Waals surface area contributed by atoms with Gasteiger partial charge < -0.3 is 9.32 Å². The van der Waals surface area contributed by atoms with Crippen molar-refractivity contribution in [2.75, 3.05) is 4.90 Å². The Balaban J connectivity index is 1.29. The minimum atomic E-state index is 0.615. The van der Waals surface area contributed by atoms with Crippen LogP contribution in [0.25, 0.3) is 77.5 Å². The van der Waals surface area contributed by atoms with Gasteiger partial charge in [0.1, 0.15) is 5.52 Å². The summed E-state index contributed by atoms with van der Waals surface area (Å²) in [5.74, 6) is 0.615. The highest BCUT2D eigenvalue weighted by Crippen LogP contribution is 2.48. The third-order valence-corrected chi connectivity index (χ3v) is 10.3. The molecule has 0 atom stereocenters. The maximum absolute atomic E-state index is 6.74. The van der Waals surface area contributed by atoms with Crippen LogP contribution in [0.5, 0.6) is 0 Å². The normalized spacial score (nSPS) is 11.3. The number of fused-ring (bicyclic) bond motifs is 5. The number of oxazole rings is 1. The molecule has 0 saturated heterocycles. The molecule has 0 unspecified atom stereocenters. The minimum absolute atomic E-state index is 0.615. The Bertz CT molecular complexity index is 2920. The molecule has 10 rings (SSSR count). The van der Waals surface area contributed by atoms with Crippen LogP contribution in [-0.2, 0) is 0 Å². The predicted molar refractivity (Wildman–Crippen MR) is 225 cm³/mol. The first-order valence-electron chi connectivity index (χ1n) is 18.3. The number of nitrogens with zero attached hydrogens (tertiary/aromatic N) is 2. The molecule has 9 aromatic carbocycles. The van der Waals surface area contributed by atoms with Gasteiger partial charge in [0.15, 0.2) is 5.58 Å². The molecule has 0 aliphatic rings. The van der Waals surface area contributed by atoms with Gasteiger partial charge in [0.2, 0.25) is 5.89 Å². The molecule has 0 aliphatic carbocycles. The lowest BCUT2D eigenvalue weighted by Crippen LogP contribution is -2.12. The third kappa shape index (κ3) is 5.42. The van der Waals surface area contributed by atoms with Gasteiger partial charge in [-0.1, -0.05) is 158 Å². The Hall–Kier alpha value is -7.23. The monoisotopic (exact) mass is 690 g/mol. The van der Waals surface area contributed by atoms with E-state index in [-0.39, 0.29) is 0 Å². The van der Waals surface area contributed by atoms with E-state index in [1.54, 1.807) is 0 Å². The molecule has 1 heterocycles. The van der Waals surface area contributed by atoms with E-state index in [1.807, 2.05) is 30.3 Å². The molecule has 0 N–H and O–H groups in total. The van der Waals surface area contributed by atoms with Crippen molar-refractivity contribution in [3.8, 4) is 44.8 Å². The van der Waals surface area contributed by atoms with E-state index in [1.165, 1.54) is 16.7 Å². The van der Waals surface area contributed by atoms with E-state index in [0.29, 0.717) is 5.89 Å². The van der Waals surface area contributed by atoms with E-state index < -0.39 is 0 Å². The van der Waals surface area contributed by atoms with Gasteiger partial charge in [-0.3, -0.25) is 0 Å². The molecule has 0 aliphatic heterocycles. The molecular formula is C51H34N2O. The minimum Gasteiger partial charge on any atom is -0.435 e. The Kier molecular flexibility index (Phi) is 7.81. The number of anilines is 3. The van der Waals surface area contributed by atoms with Crippen molar-refractivity contribution >= 4 is 49.7 Å². The van der Waals surface area contributed by atoms with Crippen LogP contribution in [0.15, 0.2) is 211 Å². The summed E-state index contributed by atoms with van der Waals surface area (Å²) in [7, 11) is 0. The summed E-state index contributed by atoms with van der Waals surface area (Å²) in [6.07, 6.45) is 0. The third-order valence-electron chi connectivity index (χ3n) is 10.3. The molecule has 0 radical (unpaired) electrons. The van der Waals surface area contributed by atoms with Gasteiger partial charge in [0.25, 0.3) is 0 Å². The second-order valence-electron chi connectivity index (χ2n) is 13.5. The summed E-state index contributed by atoms with van der Waals surface area (Å²) in [4.78, 5) is 7.41. The summed E-state index contributed by atoms with van der Waals surface area (Å²) in [5.41, 5.74) is 12.8. The molecule has 3 nitrogen and oxygen atoms in total. The van der Waals surface area contributed by atoms with Crippen LogP contribution in [-0.4, -0.2) is 4.98 Å². The molecule has 1 aromatic heterocycles. The summed E-state index contributed by atoms with van der Waals surface area (Å²) in [6, 6.07) is 72.9. The average Bonchev–Trinajstić information content (AvgIpc) is 3.70. The van der Waals surface area contributed by atoms with Gasteiger partial charge in [0.05, 0.1) is 11.4 Å². The zero-order valence-corrected chi connectivity index (χ0v) is 29.4. The van der Waals surface area contributed by atoms with E-state index in [2.05, 4.69) is 181 Å². The maximum Gasteiger partial charge on any atom is 0.227 e. The zero-order chi connectivity index (χ0) is 35.8. The number of benzene rings is 9. The number of para-hydroxylation sites is 2. The number of aromatic nitrogens is 1. The topological polar surface area (TPSA) is 29.3 Å². The lowest BCUT2D eigenvalue weighted by atomic mass is 9.91. The molecule has 0 saturated carbocycles. The summed E-state index contributed by atoms with van der Waals surface area (Å²) in [5, 5.41) is 4.39. The van der Waals surface area contributed by atoms with E-state index >= 15 is 0 Å². The fourth-order valence-corrected chi connectivity index (χ4v) is 7.85. The standard InChI is InChI=1S/C51H34N2O/c1-5-18-35(19-6-1)39-26-13-14-27-40(39)41-28-15-16-30-47(41)53(38-24-11-4-12-25-38)48-31-17-29-42-45(48)34-44(36-20-7-2-8-21-36)43-32-33-46-50(49(42)43)54-51(52-46)37-22-9-3-10-23-37/h1-34H. The lowest BCUT2D eigenvalue weighted by Gasteiger charge is -2.30. The van der Waals surface area contributed by atoms with E-state index in [4.69, 9.17) is 9.40 Å². The number of hydrogen-bond acceptors (Lipinski definition) is 3. The van der Waals surface area contributed by atoms with Crippen LogP contribution in [0.4, 0.5) is 17.1 Å². The number of hydrogen-bond donors (Lipinski definition) is 0. The van der Waals surface area contributed by atoms with Crippen molar-refractivity contribution in [2.24, 2.45) is 0 Å². The van der Waals surface area contributed by atoms with Crippen LogP contribution < -0.4 is 4.90 Å². The molecule has 0 bridgehead atoms. The molecule has 254 valence electrons. The Morgan fingerprint density at radius 3 is 1.63 bits per heavy atom. The van der Waals surface area contributed by atoms with Crippen LogP contribution in [0.2, 0.25) is 0 Å². The highest BCUT2D eigenvalue weighted by molar-refractivity contribution is 6.24. The van der Waals surface area contributed by atoms with Gasteiger partial charge >= 0.3 is 0 Å². The van der Waals surface area contributed by atoms with Crippen LogP contribution in [0, 0.1) is 0 Å². The Morgan fingerprint density at radius 2 is 0.926 bits per heavy atom. The molecule has 10 aromatic rings. The van der Waals surface area contributed by atoms with Gasteiger partial charge in [-0.05, 0) is 87.1 Å². The zero-order valence-electron chi connectivity index (χ0n) is 29.4. The fourth-order valence-electron chi connectivity index (χ4n) is 7.85. The summed E-state index contributed by atoms with van der Waals surface area (Å²) >= 11 is 0. The van der Waals surface area contributed by atoms with E-state index in [9.17, 15) is 0 Å². The van der Waals surface area contributed by atoms with Crippen molar-refractivity contribution in [2.45, 2.75) is 0 Å². The maximum atomic E-state index is 6.74. The molecule has 0 fully saturated rings. The first kappa shape index (κ1) is 31.5. The lowest BCUT2D eigenvalue weighted by molar-refractivity contribution is 0.623. The van der Waals surface area contributed by atoms with Crippen LogP contribution in [0.3, 0.4) is 0 Å².